The van der Waals surface area contributed by atoms with Crippen molar-refractivity contribution in [1.29, 1.82) is 0 Å². The number of nitrogens with one attached hydrogen (secondary N) is 1. The molecule has 0 heterocycles. The van der Waals surface area contributed by atoms with Gasteiger partial charge in [0, 0.05) is 12.1 Å². The summed E-state index contributed by atoms with van der Waals surface area (Å²) in [6.07, 6.45) is 0.743. The second-order valence-corrected chi connectivity index (χ2v) is 2.82. The molecule has 1 rings (SSSR count). The molecule has 0 fully saturated rings. The molecule has 16 heavy (non-hydrogen) atoms. The van der Waals surface area contributed by atoms with Crippen LogP contribution in [0.1, 0.15) is 0 Å². The highest BCUT2D eigenvalue weighted by molar-refractivity contribution is 5.85. The van der Waals surface area contributed by atoms with Crippen molar-refractivity contribution in [3.05, 3.63) is 47.0 Å². The molecule has 0 aliphatic heterocycles. The van der Waals surface area contributed by atoms with Crippen molar-refractivity contribution >= 4 is 17.5 Å². The van der Waals surface area contributed by atoms with Crippen molar-refractivity contribution < 1.29 is 14.5 Å². The van der Waals surface area contributed by atoms with Gasteiger partial charge in [-0.2, -0.15) is 0 Å². The Hall–Kier alpha value is -2.37. The number of benzene rings is 1. The first-order valence-electron chi connectivity index (χ1n) is 4.42. The van der Waals surface area contributed by atoms with Gasteiger partial charge in [0.15, 0.2) is 0 Å². The van der Waals surface area contributed by atoms with E-state index in [1.807, 2.05) is 0 Å². The maximum absolute atomic E-state index is 11.1. The van der Waals surface area contributed by atoms with E-state index in [-0.39, 0.29) is 12.3 Å². The number of rotatable bonds is 4. The van der Waals surface area contributed by atoms with E-state index in [0.29, 0.717) is 5.69 Å². The fourth-order valence-electron chi connectivity index (χ4n) is 0.986. The summed E-state index contributed by atoms with van der Waals surface area (Å²) >= 11 is 0. The molecule has 1 amide bonds. The fourth-order valence-corrected chi connectivity index (χ4v) is 0.986. The number of non-ortho nitro benzene ring substituents is 1. The van der Waals surface area contributed by atoms with Gasteiger partial charge in [-0.1, -0.05) is 18.7 Å². The van der Waals surface area contributed by atoms with E-state index >= 15 is 0 Å². The lowest BCUT2D eigenvalue weighted by molar-refractivity contribution is -0.384. The predicted octanol–water partition coefficient (Wildman–Crippen LogP) is 2.33. The summed E-state index contributed by atoms with van der Waals surface area (Å²) in [4.78, 5) is 21.0. The van der Waals surface area contributed by atoms with Gasteiger partial charge in [0.05, 0.1) is 10.6 Å². The molecule has 0 saturated carbocycles. The van der Waals surface area contributed by atoms with Gasteiger partial charge in [-0.3, -0.25) is 15.4 Å². The summed E-state index contributed by atoms with van der Waals surface area (Å²) in [5.41, 5.74) is 0.213. The summed E-state index contributed by atoms with van der Waals surface area (Å²) < 4.78 is 4.66. The summed E-state index contributed by atoms with van der Waals surface area (Å²) in [5.74, 6) is 0. The Labute approximate surface area is 91.7 Å². The van der Waals surface area contributed by atoms with Crippen molar-refractivity contribution in [2.75, 3.05) is 11.9 Å². The number of nitrogens with zero attached hydrogens (tertiary/aromatic N) is 1. The number of ether oxygens (including phenoxy) is 1. The van der Waals surface area contributed by atoms with E-state index in [1.54, 1.807) is 0 Å². The number of nitro groups is 1. The van der Waals surface area contributed by atoms with Crippen molar-refractivity contribution in [1.82, 2.24) is 0 Å². The zero-order chi connectivity index (χ0) is 12.0. The maximum atomic E-state index is 11.1. The molecule has 0 saturated heterocycles. The zero-order valence-corrected chi connectivity index (χ0v) is 8.38. The highest BCUT2D eigenvalue weighted by Crippen LogP contribution is 2.16. The topological polar surface area (TPSA) is 81.5 Å². The van der Waals surface area contributed by atoms with Gasteiger partial charge in [-0.15, -0.1) is 0 Å². The lowest BCUT2D eigenvalue weighted by atomic mass is 10.3. The number of nitro benzene ring substituents is 1. The summed E-state index contributed by atoms with van der Waals surface area (Å²) in [7, 11) is 0. The minimum Gasteiger partial charge on any atom is -0.445 e. The van der Waals surface area contributed by atoms with Crippen LogP contribution < -0.4 is 5.32 Å². The molecule has 1 aromatic carbocycles. The van der Waals surface area contributed by atoms with E-state index in [4.69, 9.17) is 0 Å². The average molecular weight is 222 g/mol. The van der Waals surface area contributed by atoms with Gasteiger partial charge in [0.2, 0.25) is 0 Å². The molecule has 6 nitrogen and oxygen atoms in total. The van der Waals surface area contributed by atoms with Crippen LogP contribution in [0.25, 0.3) is 0 Å². The Kier molecular flexibility index (Phi) is 4.02. The third-order valence-corrected chi connectivity index (χ3v) is 1.64. The minimum absolute atomic E-state index is 0.0841. The van der Waals surface area contributed by atoms with Crippen molar-refractivity contribution in [3.8, 4) is 0 Å². The van der Waals surface area contributed by atoms with E-state index in [1.165, 1.54) is 30.3 Å². The van der Waals surface area contributed by atoms with Crippen LogP contribution in [-0.4, -0.2) is 17.6 Å². The van der Waals surface area contributed by atoms with Crippen LogP contribution in [0.2, 0.25) is 0 Å². The molecule has 0 aromatic heterocycles. The van der Waals surface area contributed by atoms with Crippen LogP contribution in [0.4, 0.5) is 16.2 Å². The minimum atomic E-state index is -0.680. The Morgan fingerprint density at radius 2 is 2.38 bits per heavy atom. The van der Waals surface area contributed by atoms with Gasteiger partial charge >= 0.3 is 6.09 Å². The molecule has 0 aliphatic rings. The van der Waals surface area contributed by atoms with E-state index in [9.17, 15) is 14.9 Å². The highest BCUT2D eigenvalue weighted by Gasteiger charge is 2.07. The number of hydrogen-bond donors (Lipinski definition) is 1. The number of anilines is 1. The monoisotopic (exact) mass is 222 g/mol. The van der Waals surface area contributed by atoms with Crippen molar-refractivity contribution in [3.63, 3.8) is 0 Å². The maximum Gasteiger partial charge on any atom is 0.411 e. The molecule has 0 bridgehead atoms. The molecule has 0 atom stereocenters. The van der Waals surface area contributed by atoms with Gasteiger partial charge < -0.3 is 4.74 Å². The molecular formula is C10H10N2O4. The zero-order valence-electron chi connectivity index (χ0n) is 8.38. The van der Waals surface area contributed by atoms with Crippen LogP contribution in [-0.2, 0) is 4.74 Å². The second-order valence-electron chi connectivity index (χ2n) is 2.82. The van der Waals surface area contributed by atoms with Gasteiger partial charge in [0.25, 0.3) is 5.69 Å². The normalized spacial score (nSPS) is 9.25. The molecule has 0 unspecified atom stereocenters. The molecular weight excluding hydrogens is 212 g/mol. The Balaban J connectivity index is 2.66. The van der Waals surface area contributed by atoms with E-state index in [2.05, 4.69) is 16.6 Å². The third-order valence-electron chi connectivity index (χ3n) is 1.64. The number of hydrogen-bond acceptors (Lipinski definition) is 4. The molecule has 0 spiro atoms. The van der Waals surface area contributed by atoms with E-state index < -0.39 is 11.0 Å². The van der Waals surface area contributed by atoms with Gasteiger partial charge in [-0.25, -0.2) is 4.79 Å². The van der Waals surface area contributed by atoms with E-state index in [0.717, 1.165) is 0 Å². The fraction of sp³-hybridized carbons (Fsp3) is 0.100. The quantitative estimate of drug-likeness (QED) is 0.481. The second kappa shape index (κ2) is 5.50. The Morgan fingerprint density at radius 1 is 1.62 bits per heavy atom. The van der Waals surface area contributed by atoms with Crippen LogP contribution in [0.3, 0.4) is 0 Å². The highest BCUT2D eigenvalue weighted by atomic mass is 16.6. The SMILES string of the molecule is C=CCOC(=O)Nc1cccc([N+](=O)[O-])c1. The summed E-state index contributed by atoms with van der Waals surface area (Å²) in [6.45, 7) is 3.47. The average Bonchev–Trinajstić information content (AvgIpc) is 2.26. The van der Waals surface area contributed by atoms with Crippen molar-refractivity contribution in [2.24, 2.45) is 0 Å². The van der Waals surface area contributed by atoms with Crippen molar-refractivity contribution in [2.45, 2.75) is 0 Å². The van der Waals surface area contributed by atoms with Gasteiger partial charge in [-0.05, 0) is 6.07 Å². The largest absolute Gasteiger partial charge is 0.445 e. The Bertz CT molecular complexity index is 417. The number of carbonyl (C=O) groups excluding carboxylic acids is 1. The first kappa shape index (κ1) is 11.7. The number of amides is 1. The summed E-state index contributed by atoms with van der Waals surface area (Å²) in [6, 6.07) is 5.58. The third kappa shape index (κ3) is 3.41. The Morgan fingerprint density at radius 3 is 3.00 bits per heavy atom. The lowest BCUT2D eigenvalue weighted by Gasteiger charge is -2.04. The first-order valence-corrected chi connectivity index (χ1v) is 4.42. The van der Waals surface area contributed by atoms with Gasteiger partial charge in [0.1, 0.15) is 6.61 Å². The van der Waals surface area contributed by atoms with Crippen LogP contribution in [0.5, 0.6) is 0 Å². The van der Waals surface area contributed by atoms with Crippen LogP contribution in [0, 0.1) is 10.1 Å². The molecule has 1 aromatic rings. The standard InChI is InChI=1S/C10H10N2O4/c1-2-6-16-10(13)11-8-4-3-5-9(7-8)12(14)15/h2-5,7H,1,6H2,(H,11,13). The molecule has 1 N–H and O–H groups in total. The molecule has 6 heteroatoms. The van der Waals surface area contributed by atoms with Crippen LogP contribution in [0.15, 0.2) is 36.9 Å². The predicted molar refractivity (Wildman–Crippen MR) is 58.3 cm³/mol. The lowest BCUT2D eigenvalue weighted by Crippen LogP contribution is -2.13. The smallest absolute Gasteiger partial charge is 0.411 e. The van der Waals surface area contributed by atoms with Crippen LogP contribution >= 0.6 is 0 Å². The first-order chi connectivity index (χ1) is 7.63. The molecule has 0 radical (unpaired) electrons. The molecule has 84 valence electrons. The number of carbonyl (C=O) groups is 1. The molecule has 0 aliphatic carbocycles. The summed E-state index contributed by atoms with van der Waals surface area (Å²) in [5, 5.41) is 12.8.